The van der Waals surface area contributed by atoms with Crippen LogP contribution >= 0.6 is 0 Å². The van der Waals surface area contributed by atoms with Gasteiger partial charge in [0.25, 0.3) is 5.91 Å². The molecule has 5 nitrogen and oxygen atoms in total. The van der Waals surface area contributed by atoms with Crippen molar-refractivity contribution in [2.24, 2.45) is 0 Å². The Morgan fingerprint density at radius 1 is 0.828 bits per heavy atom. The van der Waals surface area contributed by atoms with Gasteiger partial charge in [-0.3, -0.25) is 4.79 Å². The Morgan fingerprint density at radius 3 is 1.90 bits per heavy atom. The number of ether oxygens (including phenoxy) is 2. The highest BCUT2D eigenvalue weighted by atomic mass is 16.5. The molecule has 0 aliphatic carbocycles. The van der Waals surface area contributed by atoms with E-state index in [1.165, 1.54) is 0 Å². The molecule has 3 aromatic carbocycles. The number of carbonyl (C=O) groups is 2. The van der Waals surface area contributed by atoms with E-state index in [0.29, 0.717) is 17.9 Å². The molecule has 1 N–H and O–H groups in total. The zero-order chi connectivity index (χ0) is 20.5. The van der Waals surface area contributed by atoms with Crippen molar-refractivity contribution in [2.45, 2.75) is 13.0 Å². The quantitative estimate of drug-likeness (QED) is 0.588. The molecular formula is C24H23NO4. The fourth-order valence-corrected chi connectivity index (χ4v) is 2.92. The molecule has 1 amide bonds. The number of rotatable bonds is 8. The number of hydrogen-bond acceptors (Lipinski definition) is 4. The van der Waals surface area contributed by atoms with Gasteiger partial charge in [0.2, 0.25) is 0 Å². The van der Waals surface area contributed by atoms with Gasteiger partial charge in [-0.05, 0) is 42.3 Å². The number of esters is 1. The van der Waals surface area contributed by atoms with Gasteiger partial charge in [-0.25, -0.2) is 4.79 Å². The largest absolute Gasteiger partial charge is 0.494 e. The van der Waals surface area contributed by atoms with Crippen LogP contribution in [0.1, 0.15) is 34.5 Å². The van der Waals surface area contributed by atoms with Gasteiger partial charge >= 0.3 is 5.97 Å². The van der Waals surface area contributed by atoms with E-state index in [9.17, 15) is 9.59 Å². The Morgan fingerprint density at radius 2 is 1.38 bits per heavy atom. The molecule has 5 heteroatoms. The lowest BCUT2D eigenvalue weighted by atomic mass is 9.99. The van der Waals surface area contributed by atoms with Gasteiger partial charge in [-0.1, -0.05) is 60.7 Å². The minimum atomic E-state index is -0.556. The van der Waals surface area contributed by atoms with Crippen molar-refractivity contribution >= 4 is 11.9 Å². The first kappa shape index (κ1) is 20.1. The molecule has 0 bridgehead atoms. The molecule has 0 aliphatic rings. The molecule has 0 saturated heterocycles. The number of carbonyl (C=O) groups excluding carboxylic acids is 2. The Hall–Kier alpha value is -3.60. The normalized spacial score (nSPS) is 10.4. The van der Waals surface area contributed by atoms with Crippen LogP contribution in [0.3, 0.4) is 0 Å². The van der Waals surface area contributed by atoms with Crippen LogP contribution in [-0.4, -0.2) is 25.1 Å². The van der Waals surface area contributed by atoms with Crippen molar-refractivity contribution in [1.82, 2.24) is 5.32 Å². The van der Waals surface area contributed by atoms with E-state index in [1.807, 2.05) is 67.6 Å². The molecule has 0 fully saturated rings. The van der Waals surface area contributed by atoms with Crippen molar-refractivity contribution in [3.05, 3.63) is 102 Å². The molecule has 0 saturated carbocycles. The van der Waals surface area contributed by atoms with Crippen molar-refractivity contribution < 1.29 is 19.1 Å². The third-order valence-corrected chi connectivity index (χ3v) is 4.31. The average Bonchev–Trinajstić information content (AvgIpc) is 2.78. The van der Waals surface area contributed by atoms with E-state index in [4.69, 9.17) is 9.47 Å². The molecule has 0 heterocycles. The van der Waals surface area contributed by atoms with E-state index < -0.39 is 5.97 Å². The molecule has 0 atom stereocenters. The maximum absolute atomic E-state index is 12.5. The summed E-state index contributed by atoms with van der Waals surface area (Å²) in [5.41, 5.74) is 2.26. The Balaban J connectivity index is 1.62. The van der Waals surface area contributed by atoms with Gasteiger partial charge in [-0.15, -0.1) is 0 Å². The summed E-state index contributed by atoms with van der Waals surface area (Å²) in [6.45, 7) is 2.08. The summed E-state index contributed by atoms with van der Waals surface area (Å²) in [5.74, 6) is -0.253. The fraction of sp³-hybridized carbons (Fsp3) is 0.167. The molecule has 0 radical (unpaired) electrons. The molecule has 29 heavy (non-hydrogen) atoms. The van der Waals surface area contributed by atoms with E-state index in [-0.39, 0.29) is 18.6 Å². The summed E-state index contributed by atoms with van der Waals surface area (Å²) in [7, 11) is 0. The second kappa shape index (κ2) is 10.1. The average molecular weight is 389 g/mol. The standard InChI is InChI=1S/C24H23NO4/c1-2-28-21-15-13-20(14-16-21)24(27)29-17-22(26)25-23(18-9-5-3-6-10-18)19-11-7-4-8-12-19/h3-16,23H,2,17H2,1H3,(H,25,26). The van der Waals surface area contributed by atoms with Crippen LogP contribution in [-0.2, 0) is 9.53 Å². The summed E-state index contributed by atoms with van der Waals surface area (Å²) in [4.78, 5) is 24.7. The lowest BCUT2D eigenvalue weighted by Gasteiger charge is -2.20. The zero-order valence-corrected chi connectivity index (χ0v) is 16.2. The summed E-state index contributed by atoms with van der Waals surface area (Å²) in [5, 5.41) is 2.95. The first-order valence-corrected chi connectivity index (χ1v) is 9.46. The third-order valence-electron chi connectivity index (χ3n) is 4.31. The number of amides is 1. The van der Waals surface area contributed by atoms with Crippen LogP contribution in [0.5, 0.6) is 5.75 Å². The van der Waals surface area contributed by atoms with E-state index in [2.05, 4.69) is 5.32 Å². The fourth-order valence-electron chi connectivity index (χ4n) is 2.92. The Bertz CT molecular complexity index is 885. The summed E-state index contributed by atoms with van der Waals surface area (Å²) < 4.78 is 10.5. The first-order chi connectivity index (χ1) is 14.2. The molecule has 3 aromatic rings. The highest BCUT2D eigenvalue weighted by molar-refractivity contribution is 5.91. The van der Waals surface area contributed by atoms with E-state index >= 15 is 0 Å². The molecule has 0 unspecified atom stereocenters. The van der Waals surface area contributed by atoms with Gasteiger partial charge in [0.05, 0.1) is 18.2 Å². The van der Waals surface area contributed by atoms with Crippen molar-refractivity contribution in [3.8, 4) is 5.75 Å². The molecule has 3 rings (SSSR count). The summed E-state index contributed by atoms with van der Waals surface area (Å²) in [6.07, 6.45) is 0. The smallest absolute Gasteiger partial charge is 0.338 e. The molecule has 0 aliphatic heterocycles. The predicted octanol–water partition coefficient (Wildman–Crippen LogP) is 4.15. The van der Waals surface area contributed by atoms with E-state index in [1.54, 1.807) is 24.3 Å². The van der Waals surface area contributed by atoms with Crippen molar-refractivity contribution in [3.63, 3.8) is 0 Å². The Labute approximate surface area is 170 Å². The lowest BCUT2D eigenvalue weighted by molar-refractivity contribution is -0.124. The number of hydrogen-bond donors (Lipinski definition) is 1. The summed E-state index contributed by atoms with van der Waals surface area (Å²) >= 11 is 0. The second-order valence-electron chi connectivity index (χ2n) is 6.36. The topological polar surface area (TPSA) is 64.6 Å². The maximum Gasteiger partial charge on any atom is 0.338 e. The highest BCUT2D eigenvalue weighted by Crippen LogP contribution is 2.21. The molecule has 0 aromatic heterocycles. The lowest BCUT2D eigenvalue weighted by Crippen LogP contribution is -2.33. The predicted molar refractivity (Wildman–Crippen MR) is 111 cm³/mol. The number of nitrogens with one attached hydrogen (secondary N) is 1. The van der Waals surface area contributed by atoms with Gasteiger partial charge in [0.1, 0.15) is 5.75 Å². The van der Waals surface area contributed by atoms with E-state index in [0.717, 1.165) is 11.1 Å². The van der Waals surface area contributed by atoms with Gasteiger partial charge in [-0.2, -0.15) is 0 Å². The van der Waals surface area contributed by atoms with Crippen LogP contribution in [0.2, 0.25) is 0 Å². The summed E-state index contributed by atoms with van der Waals surface area (Å²) in [6, 6.07) is 25.6. The van der Waals surface area contributed by atoms with Crippen LogP contribution in [0.15, 0.2) is 84.9 Å². The number of benzene rings is 3. The minimum absolute atomic E-state index is 0.325. The van der Waals surface area contributed by atoms with Gasteiger partial charge in [0.15, 0.2) is 6.61 Å². The molecule has 148 valence electrons. The third kappa shape index (κ3) is 5.69. The molecular weight excluding hydrogens is 366 g/mol. The second-order valence-corrected chi connectivity index (χ2v) is 6.36. The maximum atomic E-state index is 12.5. The monoisotopic (exact) mass is 389 g/mol. The minimum Gasteiger partial charge on any atom is -0.494 e. The molecule has 0 spiro atoms. The first-order valence-electron chi connectivity index (χ1n) is 9.46. The van der Waals surface area contributed by atoms with Crippen molar-refractivity contribution in [2.75, 3.05) is 13.2 Å². The van der Waals surface area contributed by atoms with Crippen molar-refractivity contribution in [1.29, 1.82) is 0 Å². The Kier molecular flexibility index (Phi) is 7.00. The van der Waals surface area contributed by atoms with Crippen LogP contribution in [0.25, 0.3) is 0 Å². The van der Waals surface area contributed by atoms with Crippen LogP contribution < -0.4 is 10.1 Å². The van der Waals surface area contributed by atoms with Gasteiger partial charge < -0.3 is 14.8 Å². The van der Waals surface area contributed by atoms with Gasteiger partial charge in [0, 0.05) is 0 Å². The van der Waals surface area contributed by atoms with Crippen LogP contribution in [0, 0.1) is 0 Å². The highest BCUT2D eigenvalue weighted by Gasteiger charge is 2.18. The SMILES string of the molecule is CCOc1ccc(C(=O)OCC(=O)NC(c2ccccc2)c2ccccc2)cc1. The zero-order valence-electron chi connectivity index (χ0n) is 16.2. The van der Waals surface area contributed by atoms with Crippen LogP contribution in [0.4, 0.5) is 0 Å².